The van der Waals surface area contributed by atoms with E-state index in [4.69, 9.17) is 0 Å². The Morgan fingerprint density at radius 2 is 2.20 bits per heavy atom. The van der Waals surface area contributed by atoms with E-state index in [1.807, 2.05) is 6.20 Å². The summed E-state index contributed by atoms with van der Waals surface area (Å²) >= 11 is 0. The lowest BCUT2D eigenvalue weighted by Crippen LogP contribution is -2.09. The average Bonchev–Trinajstić information content (AvgIpc) is 2.54. The molecule has 0 atom stereocenters. The predicted octanol–water partition coefficient (Wildman–Crippen LogP) is 3.06. The Morgan fingerprint density at radius 1 is 1.47 bits per heavy atom. The Morgan fingerprint density at radius 3 is 2.80 bits per heavy atom. The Labute approximate surface area is 92.9 Å². The van der Waals surface area contributed by atoms with Gasteiger partial charge in [-0.15, -0.1) is 0 Å². The van der Waals surface area contributed by atoms with Gasteiger partial charge < -0.3 is 5.32 Å². The van der Waals surface area contributed by atoms with Gasteiger partial charge in [0.15, 0.2) is 0 Å². The summed E-state index contributed by atoms with van der Waals surface area (Å²) in [5, 5.41) is 7.81. The first-order valence-corrected chi connectivity index (χ1v) is 5.91. The van der Waals surface area contributed by atoms with Crippen LogP contribution in [0.1, 0.15) is 39.3 Å². The molecule has 0 spiro atoms. The zero-order valence-electron chi connectivity index (χ0n) is 10.4. The number of aryl methyl sites for hydroxylation is 1. The van der Waals surface area contributed by atoms with Crippen LogP contribution < -0.4 is 5.32 Å². The third-order valence-electron chi connectivity index (χ3n) is 2.53. The van der Waals surface area contributed by atoms with Crippen molar-refractivity contribution in [3.63, 3.8) is 0 Å². The number of anilines is 1. The second-order valence-electron chi connectivity index (χ2n) is 4.50. The van der Waals surface area contributed by atoms with Gasteiger partial charge in [0.1, 0.15) is 0 Å². The first kappa shape index (κ1) is 12.1. The van der Waals surface area contributed by atoms with Crippen molar-refractivity contribution in [3.05, 3.63) is 11.9 Å². The molecule has 1 rings (SSSR count). The van der Waals surface area contributed by atoms with Gasteiger partial charge in [-0.2, -0.15) is 5.10 Å². The molecule has 15 heavy (non-hydrogen) atoms. The summed E-state index contributed by atoms with van der Waals surface area (Å²) in [6.07, 6.45) is 4.35. The highest BCUT2D eigenvalue weighted by Gasteiger charge is 2.05. The Bertz CT molecular complexity index is 289. The highest BCUT2D eigenvalue weighted by Crippen LogP contribution is 2.14. The fraction of sp³-hybridized carbons (Fsp3) is 0.750. The highest BCUT2D eigenvalue weighted by molar-refractivity contribution is 5.45. The molecule has 0 fully saturated rings. The van der Waals surface area contributed by atoms with Crippen LogP contribution >= 0.6 is 0 Å². The molecule has 0 amide bonds. The van der Waals surface area contributed by atoms with E-state index in [1.165, 1.54) is 24.2 Å². The number of aromatic nitrogens is 2. The summed E-state index contributed by atoms with van der Waals surface area (Å²) < 4.78 is 2.09. The van der Waals surface area contributed by atoms with Crippen LogP contribution in [0.15, 0.2) is 6.20 Å². The minimum absolute atomic E-state index is 0.670. The first-order valence-electron chi connectivity index (χ1n) is 5.91. The molecule has 86 valence electrons. The van der Waals surface area contributed by atoms with E-state index in [1.54, 1.807) is 0 Å². The minimum atomic E-state index is 0.670. The topological polar surface area (TPSA) is 29.9 Å². The molecule has 0 saturated heterocycles. The molecule has 1 aromatic rings. The third-order valence-corrected chi connectivity index (χ3v) is 2.53. The van der Waals surface area contributed by atoms with Gasteiger partial charge in [0.25, 0.3) is 0 Å². The summed E-state index contributed by atoms with van der Waals surface area (Å²) in [5.41, 5.74) is 2.43. The van der Waals surface area contributed by atoms with E-state index in [9.17, 15) is 0 Å². The third kappa shape index (κ3) is 3.57. The summed E-state index contributed by atoms with van der Waals surface area (Å²) in [6.45, 7) is 10.8. The smallest absolute Gasteiger partial charge is 0.0756 e. The van der Waals surface area contributed by atoms with Gasteiger partial charge in [0.2, 0.25) is 0 Å². The molecule has 1 heterocycles. The summed E-state index contributed by atoms with van der Waals surface area (Å²) in [6, 6.07) is 0. The van der Waals surface area contributed by atoms with Gasteiger partial charge in [-0.1, -0.05) is 27.2 Å². The largest absolute Gasteiger partial charge is 0.382 e. The fourth-order valence-corrected chi connectivity index (χ4v) is 1.47. The molecular formula is C12H23N3. The maximum atomic E-state index is 4.39. The molecule has 3 nitrogen and oxygen atoms in total. The molecule has 0 aliphatic rings. The number of hydrogen-bond acceptors (Lipinski definition) is 2. The van der Waals surface area contributed by atoms with Gasteiger partial charge in [-0.3, -0.25) is 4.68 Å². The molecule has 0 saturated carbocycles. The van der Waals surface area contributed by atoms with Crippen LogP contribution in [0.3, 0.4) is 0 Å². The lowest BCUT2D eigenvalue weighted by atomic mass is 10.2. The van der Waals surface area contributed by atoms with E-state index in [0.717, 1.165) is 13.1 Å². The molecular weight excluding hydrogens is 186 g/mol. The quantitative estimate of drug-likeness (QED) is 0.780. The van der Waals surface area contributed by atoms with E-state index in [2.05, 4.69) is 42.8 Å². The Balaban J connectivity index is 2.54. The predicted molar refractivity (Wildman–Crippen MR) is 65.2 cm³/mol. The summed E-state index contributed by atoms with van der Waals surface area (Å²) in [5.74, 6) is 0.670. The van der Waals surface area contributed by atoms with Crippen LogP contribution in [-0.2, 0) is 6.54 Å². The van der Waals surface area contributed by atoms with Crippen LogP contribution in [-0.4, -0.2) is 16.3 Å². The zero-order valence-corrected chi connectivity index (χ0v) is 10.4. The maximum Gasteiger partial charge on any atom is 0.0756 e. The normalized spacial score (nSPS) is 11.0. The average molecular weight is 209 g/mol. The van der Waals surface area contributed by atoms with Crippen LogP contribution in [0.25, 0.3) is 0 Å². The van der Waals surface area contributed by atoms with E-state index in [-0.39, 0.29) is 0 Å². The first-order chi connectivity index (χ1) is 7.15. The van der Waals surface area contributed by atoms with Crippen molar-refractivity contribution in [1.82, 2.24) is 9.78 Å². The monoisotopic (exact) mass is 209 g/mol. The van der Waals surface area contributed by atoms with Gasteiger partial charge in [0.05, 0.1) is 17.6 Å². The van der Waals surface area contributed by atoms with Crippen LogP contribution in [0.5, 0.6) is 0 Å². The highest BCUT2D eigenvalue weighted by atomic mass is 15.3. The van der Waals surface area contributed by atoms with Crippen molar-refractivity contribution >= 4 is 5.69 Å². The van der Waals surface area contributed by atoms with E-state index in [0.29, 0.717) is 5.92 Å². The van der Waals surface area contributed by atoms with Gasteiger partial charge in [-0.05, 0) is 19.3 Å². The number of hydrogen-bond donors (Lipinski definition) is 1. The van der Waals surface area contributed by atoms with Gasteiger partial charge in [0, 0.05) is 13.1 Å². The van der Waals surface area contributed by atoms with E-state index >= 15 is 0 Å². The van der Waals surface area contributed by atoms with Crippen molar-refractivity contribution < 1.29 is 0 Å². The molecule has 3 heteroatoms. The van der Waals surface area contributed by atoms with Crippen molar-refractivity contribution in [2.75, 3.05) is 11.9 Å². The van der Waals surface area contributed by atoms with Crippen molar-refractivity contribution in [1.29, 1.82) is 0 Å². The molecule has 0 radical (unpaired) electrons. The molecule has 1 aromatic heterocycles. The maximum absolute atomic E-state index is 4.39. The van der Waals surface area contributed by atoms with Crippen molar-refractivity contribution in [3.8, 4) is 0 Å². The summed E-state index contributed by atoms with van der Waals surface area (Å²) in [4.78, 5) is 0. The van der Waals surface area contributed by atoms with Crippen LogP contribution in [0, 0.1) is 12.8 Å². The lowest BCUT2D eigenvalue weighted by molar-refractivity contribution is 0.559. The summed E-state index contributed by atoms with van der Waals surface area (Å²) in [7, 11) is 0. The molecule has 0 bridgehead atoms. The second-order valence-corrected chi connectivity index (χ2v) is 4.50. The van der Waals surface area contributed by atoms with Crippen molar-refractivity contribution in [2.45, 2.75) is 47.1 Å². The zero-order chi connectivity index (χ0) is 11.3. The Hall–Kier alpha value is -0.990. The minimum Gasteiger partial charge on any atom is -0.382 e. The van der Waals surface area contributed by atoms with Gasteiger partial charge in [-0.25, -0.2) is 0 Å². The number of nitrogens with one attached hydrogen (secondary N) is 1. The number of rotatable bonds is 6. The lowest BCUT2D eigenvalue weighted by Gasteiger charge is -2.08. The molecule has 0 aliphatic carbocycles. The Kier molecular flexibility index (Phi) is 4.66. The molecule has 0 unspecified atom stereocenters. The second kappa shape index (κ2) is 5.79. The molecule has 0 aliphatic heterocycles. The number of nitrogens with zero attached hydrogens (tertiary/aromatic N) is 2. The SMILES string of the molecule is CCCCn1ncc(NCC(C)C)c1C. The van der Waals surface area contributed by atoms with Gasteiger partial charge >= 0.3 is 0 Å². The van der Waals surface area contributed by atoms with E-state index < -0.39 is 0 Å². The van der Waals surface area contributed by atoms with Crippen molar-refractivity contribution in [2.24, 2.45) is 5.92 Å². The van der Waals surface area contributed by atoms with Crippen LogP contribution in [0.2, 0.25) is 0 Å². The standard InChI is InChI=1S/C12H23N3/c1-5-6-7-15-11(4)12(9-14-15)13-8-10(2)3/h9-10,13H,5-8H2,1-4H3. The van der Waals surface area contributed by atoms with Crippen LogP contribution in [0.4, 0.5) is 5.69 Å². The fourth-order valence-electron chi connectivity index (χ4n) is 1.47. The molecule has 1 N–H and O–H groups in total. The molecule has 0 aromatic carbocycles. The number of unbranched alkanes of at least 4 members (excludes halogenated alkanes) is 1.